The van der Waals surface area contributed by atoms with E-state index in [1.165, 1.54) is 30.6 Å². The van der Waals surface area contributed by atoms with Gasteiger partial charge in [0.05, 0.1) is 30.5 Å². The van der Waals surface area contributed by atoms with E-state index in [4.69, 9.17) is 19.6 Å². The van der Waals surface area contributed by atoms with Crippen LogP contribution in [0.1, 0.15) is 32.0 Å². The molecule has 13 heteroatoms. The standard InChI is InChI=1S/C35H38F2N6O4S/c1-5-30(45)42-9-10-43-28(20(42)2)16-27(39-43)33-32(31-26(37)14-24(36)15-29(31)47-12-11-46-4)34-25(7-13-48-34)35(38-33)40-8-6-22-17-41(21(3)44)19-23(22)18-40/h5,7,13-16,20,22-23H,1,6,8-12,17-19H2,2-4H3. The molecule has 0 aliphatic carbocycles. The zero-order valence-electron chi connectivity index (χ0n) is 27.2. The minimum atomic E-state index is -0.774. The van der Waals surface area contributed by atoms with Crippen molar-refractivity contribution in [2.75, 3.05) is 57.9 Å². The van der Waals surface area contributed by atoms with Gasteiger partial charge in [0.2, 0.25) is 11.8 Å². The number of piperidine rings is 1. The molecule has 2 saturated heterocycles. The van der Waals surface area contributed by atoms with E-state index in [9.17, 15) is 14.0 Å². The van der Waals surface area contributed by atoms with Gasteiger partial charge in [0.1, 0.15) is 41.2 Å². The summed E-state index contributed by atoms with van der Waals surface area (Å²) in [6, 6.07) is 5.67. The maximum atomic E-state index is 16.1. The zero-order chi connectivity index (χ0) is 33.7. The molecule has 1 aromatic carbocycles. The van der Waals surface area contributed by atoms with Crippen molar-refractivity contribution in [2.45, 2.75) is 32.9 Å². The van der Waals surface area contributed by atoms with Crippen LogP contribution >= 0.6 is 11.3 Å². The van der Waals surface area contributed by atoms with E-state index in [1.54, 1.807) is 11.8 Å². The Bertz CT molecular complexity index is 1910. The molecule has 4 aromatic rings. The predicted molar refractivity (Wildman–Crippen MR) is 180 cm³/mol. The number of rotatable bonds is 8. The van der Waals surface area contributed by atoms with E-state index in [-0.39, 0.29) is 42.4 Å². The van der Waals surface area contributed by atoms with E-state index < -0.39 is 11.6 Å². The first-order valence-electron chi connectivity index (χ1n) is 16.2. The topological polar surface area (TPSA) is 93.0 Å². The second kappa shape index (κ2) is 12.9. The SMILES string of the molecule is C=CC(=O)N1CCn2nc(-c3nc(N4CCC5CN(C(C)=O)CC5C4)c4ccsc4c3-c3c(F)cc(F)cc3OCCOC)cc2C1C. The summed E-state index contributed by atoms with van der Waals surface area (Å²) in [5, 5.41) is 7.77. The summed E-state index contributed by atoms with van der Waals surface area (Å²) in [7, 11) is 1.53. The molecule has 252 valence electrons. The molecule has 3 atom stereocenters. The molecular formula is C35H38F2N6O4S. The molecule has 0 bridgehead atoms. The molecule has 7 rings (SSSR count). The number of carbonyl (C=O) groups is 2. The highest BCUT2D eigenvalue weighted by Crippen LogP contribution is 2.48. The van der Waals surface area contributed by atoms with Gasteiger partial charge in [-0.05, 0) is 48.8 Å². The summed E-state index contributed by atoms with van der Waals surface area (Å²) in [5.74, 6) is -0.0450. The van der Waals surface area contributed by atoms with E-state index in [1.807, 2.05) is 34.0 Å². The van der Waals surface area contributed by atoms with Gasteiger partial charge in [-0.15, -0.1) is 11.3 Å². The molecule has 2 fully saturated rings. The van der Waals surface area contributed by atoms with Crippen LogP contribution in [-0.2, 0) is 20.9 Å². The van der Waals surface area contributed by atoms with Crippen LogP contribution in [0.2, 0.25) is 0 Å². The van der Waals surface area contributed by atoms with E-state index >= 15 is 4.39 Å². The Labute approximate surface area is 281 Å². The third kappa shape index (κ3) is 5.62. The number of hydrogen-bond acceptors (Lipinski definition) is 8. The number of halogens is 2. The van der Waals surface area contributed by atoms with Crippen molar-refractivity contribution in [3.05, 3.63) is 59.6 Å². The van der Waals surface area contributed by atoms with Crippen molar-refractivity contribution in [1.82, 2.24) is 24.6 Å². The summed E-state index contributed by atoms with van der Waals surface area (Å²) >= 11 is 1.45. The van der Waals surface area contributed by atoms with Crippen molar-refractivity contribution in [1.29, 1.82) is 0 Å². The molecule has 48 heavy (non-hydrogen) atoms. The van der Waals surface area contributed by atoms with Gasteiger partial charge in [0.15, 0.2) is 0 Å². The highest BCUT2D eigenvalue weighted by atomic mass is 32.1. The number of fused-ring (bicyclic) bond motifs is 3. The van der Waals surface area contributed by atoms with Crippen molar-refractivity contribution in [3.63, 3.8) is 0 Å². The zero-order valence-corrected chi connectivity index (χ0v) is 28.1. The molecule has 0 spiro atoms. The second-order valence-corrected chi connectivity index (χ2v) is 13.6. The number of thiophene rings is 1. The largest absolute Gasteiger partial charge is 0.490 e. The quantitative estimate of drug-likeness (QED) is 0.179. The average Bonchev–Trinajstić information content (AvgIpc) is 3.83. The van der Waals surface area contributed by atoms with Crippen LogP contribution in [0.25, 0.3) is 32.6 Å². The van der Waals surface area contributed by atoms with Crippen molar-refractivity contribution < 1.29 is 27.8 Å². The number of likely N-dealkylation sites (tertiary alicyclic amines) is 1. The Morgan fingerprint density at radius 1 is 1.08 bits per heavy atom. The van der Waals surface area contributed by atoms with Gasteiger partial charge in [-0.1, -0.05) is 6.58 Å². The van der Waals surface area contributed by atoms with Crippen LogP contribution in [0, 0.1) is 23.5 Å². The van der Waals surface area contributed by atoms with E-state index in [0.717, 1.165) is 53.7 Å². The fourth-order valence-corrected chi connectivity index (χ4v) is 8.41. The van der Waals surface area contributed by atoms with Gasteiger partial charge in [0, 0.05) is 74.5 Å². The van der Waals surface area contributed by atoms with Crippen LogP contribution in [0.5, 0.6) is 5.75 Å². The van der Waals surface area contributed by atoms with E-state index in [0.29, 0.717) is 48.4 Å². The van der Waals surface area contributed by atoms with Gasteiger partial charge in [-0.3, -0.25) is 14.3 Å². The number of methoxy groups -OCH3 is 1. The Morgan fingerprint density at radius 3 is 2.67 bits per heavy atom. The van der Waals surface area contributed by atoms with Crippen LogP contribution < -0.4 is 9.64 Å². The summed E-state index contributed by atoms with van der Waals surface area (Å²) in [4.78, 5) is 36.1. The van der Waals surface area contributed by atoms with Crippen LogP contribution in [0.15, 0.2) is 42.3 Å². The molecular weight excluding hydrogens is 638 g/mol. The maximum absolute atomic E-state index is 16.1. The molecule has 0 radical (unpaired) electrons. The van der Waals surface area contributed by atoms with Gasteiger partial charge in [-0.25, -0.2) is 13.8 Å². The second-order valence-electron chi connectivity index (χ2n) is 12.7. The molecule has 6 heterocycles. The third-order valence-corrected chi connectivity index (χ3v) is 10.8. The van der Waals surface area contributed by atoms with Gasteiger partial charge in [0.25, 0.3) is 0 Å². The third-order valence-electron chi connectivity index (χ3n) is 9.91. The Kier molecular flexibility index (Phi) is 8.67. The number of benzene rings is 1. The number of anilines is 1. The minimum absolute atomic E-state index is 0.0474. The van der Waals surface area contributed by atoms with Gasteiger partial charge in [-0.2, -0.15) is 5.10 Å². The Morgan fingerprint density at radius 2 is 1.90 bits per heavy atom. The summed E-state index contributed by atoms with van der Waals surface area (Å²) < 4.78 is 44.5. The number of amides is 2. The van der Waals surface area contributed by atoms with Crippen molar-refractivity contribution in [2.24, 2.45) is 11.8 Å². The molecule has 3 unspecified atom stereocenters. The lowest BCUT2D eigenvalue weighted by Gasteiger charge is -2.35. The monoisotopic (exact) mass is 676 g/mol. The number of hydrogen-bond donors (Lipinski definition) is 0. The molecule has 3 aromatic heterocycles. The number of nitrogens with zero attached hydrogens (tertiary/aromatic N) is 6. The normalized spacial score (nSPS) is 20.6. The molecule has 10 nitrogen and oxygen atoms in total. The molecule has 0 N–H and O–H groups in total. The number of ether oxygens (including phenoxy) is 2. The van der Waals surface area contributed by atoms with Crippen molar-refractivity contribution in [3.8, 4) is 28.3 Å². The first kappa shape index (κ1) is 32.2. The number of carbonyl (C=O) groups excluding carboxylic acids is 2. The highest BCUT2D eigenvalue weighted by Gasteiger charge is 2.39. The maximum Gasteiger partial charge on any atom is 0.246 e. The average molecular weight is 677 g/mol. The lowest BCUT2D eigenvalue weighted by atomic mass is 9.88. The fraction of sp³-hybridized carbons (Fsp3) is 0.429. The Balaban J connectivity index is 1.40. The summed E-state index contributed by atoms with van der Waals surface area (Å²) in [5.41, 5.74) is 2.34. The van der Waals surface area contributed by atoms with Gasteiger partial charge >= 0.3 is 0 Å². The summed E-state index contributed by atoms with van der Waals surface area (Å²) in [6.07, 6.45) is 2.23. The Hall–Kier alpha value is -4.36. The van der Waals surface area contributed by atoms with Crippen LogP contribution in [-0.4, -0.2) is 89.4 Å². The van der Waals surface area contributed by atoms with E-state index in [2.05, 4.69) is 11.5 Å². The van der Waals surface area contributed by atoms with Gasteiger partial charge < -0.3 is 24.2 Å². The summed E-state index contributed by atoms with van der Waals surface area (Å²) in [6.45, 7) is 11.5. The van der Waals surface area contributed by atoms with Crippen LogP contribution in [0.3, 0.4) is 0 Å². The molecule has 0 saturated carbocycles. The fourth-order valence-electron chi connectivity index (χ4n) is 7.46. The smallest absolute Gasteiger partial charge is 0.246 e. The lowest BCUT2D eigenvalue weighted by molar-refractivity contribution is -0.129. The van der Waals surface area contributed by atoms with Crippen molar-refractivity contribution >= 4 is 39.1 Å². The lowest BCUT2D eigenvalue weighted by Crippen LogP contribution is -2.40. The predicted octanol–water partition coefficient (Wildman–Crippen LogP) is 5.52. The minimum Gasteiger partial charge on any atom is -0.490 e. The molecule has 3 aliphatic heterocycles. The number of aromatic nitrogens is 3. The molecule has 3 aliphatic rings. The van der Waals surface area contributed by atoms with Crippen LogP contribution in [0.4, 0.5) is 14.6 Å². The first-order chi connectivity index (χ1) is 23.2. The first-order valence-corrected chi connectivity index (χ1v) is 17.1. The molecule has 2 amide bonds. The highest BCUT2D eigenvalue weighted by molar-refractivity contribution is 7.18. The number of pyridine rings is 1.